The van der Waals surface area contributed by atoms with Gasteiger partial charge in [-0.25, -0.2) is 9.69 Å². The number of anilines is 1. The second-order valence-electron chi connectivity index (χ2n) is 5.30. The molecule has 0 saturated carbocycles. The van der Waals surface area contributed by atoms with Gasteiger partial charge in [0.2, 0.25) is 0 Å². The average molecular weight is 391 g/mol. The van der Waals surface area contributed by atoms with Gasteiger partial charge in [-0.1, -0.05) is 41.4 Å². The van der Waals surface area contributed by atoms with Crippen LogP contribution in [-0.2, 0) is 9.59 Å². The van der Waals surface area contributed by atoms with Crippen LogP contribution < -0.4 is 15.0 Å². The van der Waals surface area contributed by atoms with Crippen molar-refractivity contribution in [3.8, 4) is 5.75 Å². The highest BCUT2D eigenvalue weighted by molar-refractivity contribution is 6.46. The minimum atomic E-state index is -0.893. The van der Waals surface area contributed by atoms with Crippen LogP contribution in [0.25, 0.3) is 6.08 Å². The molecule has 0 unspecified atom stereocenters. The van der Waals surface area contributed by atoms with Gasteiger partial charge in [0, 0.05) is 0 Å². The van der Waals surface area contributed by atoms with E-state index in [1.54, 1.807) is 30.3 Å². The molecule has 3 rings (SSSR count). The first kappa shape index (κ1) is 18.0. The number of ether oxygens (including phenoxy) is 1. The monoisotopic (exact) mass is 390 g/mol. The maximum absolute atomic E-state index is 12.8. The molecule has 1 heterocycles. The number of nitrogens with zero attached hydrogens (tertiary/aromatic N) is 1. The van der Waals surface area contributed by atoms with E-state index in [1.165, 1.54) is 25.3 Å². The molecule has 1 N–H and O–H groups in total. The summed E-state index contributed by atoms with van der Waals surface area (Å²) in [7, 11) is 1.53. The van der Waals surface area contributed by atoms with Crippen LogP contribution in [0.5, 0.6) is 5.75 Å². The SMILES string of the molecule is COc1ccc(C=C2C(=O)NC(=O)N(c3cccc(Cl)c3Cl)C2=O)cc1. The van der Waals surface area contributed by atoms with Gasteiger partial charge in [0.15, 0.2) is 0 Å². The lowest BCUT2D eigenvalue weighted by Gasteiger charge is -2.27. The molecule has 1 fully saturated rings. The van der Waals surface area contributed by atoms with Crippen molar-refractivity contribution in [2.24, 2.45) is 0 Å². The molecule has 0 bridgehead atoms. The Hall–Kier alpha value is -2.83. The molecule has 1 saturated heterocycles. The van der Waals surface area contributed by atoms with Crippen molar-refractivity contribution in [1.82, 2.24) is 5.32 Å². The van der Waals surface area contributed by atoms with Crippen LogP contribution in [0.1, 0.15) is 5.56 Å². The Kier molecular flexibility index (Phi) is 4.97. The maximum Gasteiger partial charge on any atom is 0.336 e. The maximum atomic E-state index is 12.8. The third kappa shape index (κ3) is 3.29. The third-order valence-corrected chi connectivity index (χ3v) is 4.51. The number of methoxy groups -OCH3 is 1. The fourth-order valence-corrected chi connectivity index (χ4v) is 2.79. The Morgan fingerprint density at radius 1 is 1.04 bits per heavy atom. The first-order valence-corrected chi connectivity index (χ1v) is 8.17. The highest BCUT2D eigenvalue weighted by Gasteiger charge is 2.37. The quantitative estimate of drug-likeness (QED) is 0.640. The van der Waals surface area contributed by atoms with Crippen molar-refractivity contribution in [2.45, 2.75) is 0 Å². The largest absolute Gasteiger partial charge is 0.497 e. The molecule has 26 heavy (non-hydrogen) atoms. The van der Waals surface area contributed by atoms with Crippen LogP contribution in [0.4, 0.5) is 10.5 Å². The van der Waals surface area contributed by atoms with Gasteiger partial charge in [-0.2, -0.15) is 0 Å². The summed E-state index contributed by atoms with van der Waals surface area (Å²) in [6.07, 6.45) is 1.38. The highest BCUT2D eigenvalue weighted by atomic mass is 35.5. The molecule has 1 aliphatic heterocycles. The van der Waals surface area contributed by atoms with Crippen LogP contribution >= 0.6 is 23.2 Å². The Labute approximate surface area is 158 Å². The number of halogens is 2. The summed E-state index contributed by atoms with van der Waals surface area (Å²) in [6.45, 7) is 0. The molecule has 1 aliphatic rings. The van der Waals surface area contributed by atoms with E-state index in [0.29, 0.717) is 11.3 Å². The summed E-state index contributed by atoms with van der Waals surface area (Å²) in [5.74, 6) is -0.946. The van der Waals surface area contributed by atoms with E-state index in [1.807, 2.05) is 0 Å². The summed E-state index contributed by atoms with van der Waals surface area (Å²) in [6, 6.07) is 10.4. The van der Waals surface area contributed by atoms with Crippen molar-refractivity contribution in [2.75, 3.05) is 12.0 Å². The molecule has 6 nitrogen and oxygen atoms in total. The Bertz CT molecular complexity index is 939. The van der Waals surface area contributed by atoms with E-state index in [9.17, 15) is 14.4 Å². The van der Waals surface area contributed by atoms with Gasteiger partial charge < -0.3 is 4.74 Å². The molecule has 0 atom stereocenters. The number of hydrogen-bond acceptors (Lipinski definition) is 4. The topological polar surface area (TPSA) is 75.7 Å². The number of benzene rings is 2. The predicted molar refractivity (Wildman–Crippen MR) is 98.5 cm³/mol. The molecule has 132 valence electrons. The van der Waals surface area contributed by atoms with Gasteiger partial charge in [0.05, 0.1) is 22.8 Å². The van der Waals surface area contributed by atoms with Crippen molar-refractivity contribution in [1.29, 1.82) is 0 Å². The predicted octanol–water partition coefficient (Wildman–Crippen LogP) is 3.67. The first-order valence-electron chi connectivity index (χ1n) is 7.42. The zero-order chi connectivity index (χ0) is 18.8. The number of amides is 4. The van der Waals surface area contributed by atoms with Crippen LogP contribution in [-0.4, -0.2) is 25.0 Å². The number of carbonyl (C=O) groups is 3. The standard InChI is InChI=1S/C18H12Cl2N2O4/c1-26-11-7-5-10(6-8-11)9-12-16(23)21-18(25)22(17(12)24)14-4-2-3-13(19)15(14)20/h2-9H,1H3,(H,21,23,25). The second-order valence-corrected chi connectivity index (χ2v) is 6.09. The zero-order valence-corrected chi connectivity index (χ0v) is 15.0. The normalized spacial score (nSPS) is 16.0. The van der Waals surface area contributed by atoms with Crippen molar-refractivity contribution >= 4 is 52.8 Å². The van der Waals surface area contributed by atoms with E-state index in [0.717, 1.165) is 4.90 Å². The summed E-state index contributed by atoms with van der Waals surface area (Å²) < 4.78 is 5.07. The van der Waals surface area contributed by atoms with Crippen molar-refractivity contribution in [3.05, 3.63) is 63.6 Å². The summed E-state index contributed by atoms with van der Waals surface area (Å²) >= 11 is 12.1. The molecule has 0 aliphatic carbocycles. The molecular weight excluding hydrogens is 379 g/mol. The lowest BCUT2D eigenvalue weighted by atomic mass is 10.1. The molecule has 0 spiro atoms. The molecule has 0 radical (unpaired) electrons. The third-order valence-electron chi connectivity index (χ3n) is 3.70. The number of rotatable bonds is 3. The number of urea groups is 1. The first-order chi connectivity index (χ1) is 12.4. The Balaban J connectivity index is 2.02. The van der Waals surface area contributed by atoms with Gasteiger partial charge in [-0.05, 0) is 35.9 Å². The van der Waals surface area contributed by atoms with E-state index < -0.39 is 17.8 Å². The fraction of sp³-hybridized carbons (Fsp3) is 0.0556. The lowest BCUT2D eigenvalue weighted by Crippen LogP contribution is -2.54. The number of carbonyl (C=O) groups excluding carboxylic acids is 3. The van der Waals surface area contributed by atoms with E-state index in [2.05, 4.69) is 5.32 Å². The molecular formula is C18H12Cl2N2O4. The Morgan fingerprint density at radius 3 is 2.38 bits per heavy atom. The average Bonchev–Trinajstić information content (AvgIpc) is 2.62. The molecule has 0 aromatic heterocycles. The minimum Gasteiger partial charge on any atom is -0.497 e. The van der Waals surface area contributed by atoms with Crippen LogP contribution in [0.3, 0.4) is 0 Å². The van der Waals surface area contributed by atoms with Gasteiger partial charge >= 0.3 is 6.03 Å². The van der Waals surface area contributed by atoms with Crippen LogP contribution in [0.15, 0.2) is 48.0 Å². The Morgan fingerprint density at radius 2 is 1.73 bits per heavy atom. The molecule has 2 aromatic rings. The smallest absolute Gasteiger partial charge is 0.336 e. The molecule has 4 amide bonds. The molecule has 2 aromatic carbocycles. The summed E-state index contributed by atoms with van der Waals surface area (Å²) in [4.78, 5) is 37.9. The number of imide groups is 2. The minimum absolute atomic E-state index is 0.0378. The van der Waals surface area contributed by atoms with Gasteiger partial charge in [0.25, 0.3) is 11.8 Å². The van der Waals surface area contributed by atoms with Crippen molar-refractivity contribution < 1.29 is 19.1 Å². The summed E-state index contributed by atoms with van der Waals surface area (Å²) in [5, 5.41) is 2.35. The second kappa shape index (κ2) is 7.19. The molecule has 8 heteroatoms. The van der Waals surface area contributed by atoms with Crippen LogP contribution in [0.2, 0.25) is 10.0 Å². The number of hydrogen-bond donors (Lipinski definition) is 1. The van der Waals surface area contributed by atoms with Crippen LogP contribution in [0, 0.1) is 0 Å². The van der Waals surface area contributed by atoms with Gasteiger partial charge in [-0.3, -0.25) is 14.9 Å². The highest BCUT2D eigenvalue weighted by Crippen LogP contribution is 2.34. The van der Waals surface area contributed by atoms with Gasteiger partial charge in [-0.15, -0.1) is 0 Å². The van der Waals surface area contributed by atoms with E-state index in [-0.39, 0.29) is 21.3 Å². The van der Waals surface area contributed by atoms with Crippen molar-refractivity contribution in [3.63, 3.8) is 0 Å². The number of nitrogens with one attached hydrogen (secondary N) is 1. The summed E-state index contributed by atoms with van der Waals surface area (Å²) in [5.41, 5.74) is 0.483. The van der Waals surface area contributed by atoms with Gasteiger partial charge in [0.1, 0.15) is 11.3 Å². The fourth-order valence-electron chi connectivity index (χ4n) is 2.41. The number of barbiturate groups is 1. The van der Waals surface area contributed by atoms with E-state index >= 15 is 0 Å². The lowest BCUT2D eigenvalue weighted by molar-refractivity contribution is -0.122. The zero-order valence-electron chi connectivity index (χ0n) is 13.5. The van der Waals surface area contributed by atoms with E-state index in [4.69, 9.17) is 27.9 Å².